The number of para-hydroxylation sites is 1. The number of hydrogen-bond acceptors (Lipinski definition) is 3. The lowest BCUT2D eigenvalue weighted by Gasteiger charge is -2.15. The molecular formula is C9H7Cl3O3. The zero-order chi connectivity index (χ0) is 11.3. The van der Waals surface area contributed by atoms with E-state index in [1.807, 2.05) is 0 Å². The van der Waals surface area contributed by atoms with Crippen LogP contribution in [0.2, 0.25) is 0 Å². The molecule has 0 aliphatic heterocycles. The molecule has 1 aromatic carbocycles. The maximum atomic E-state index is 11.1. The number of carbonyl (C=O) groups is 1. The summed E-state index contributed by atoms with van der Waals surface area (Å²) in [6.45, 7) is 0. The number of benzene rings is 1. The van der Waals surface area contributed by atoms with Crippen LogP contribution >= 0.6 is 34.8 Å². The predicted molar refractivity (Wildman–Crippen MR) is 58.7 cm³/mol. The summed E-state index contributed by atoms with van der Waals surface area (Å²) in [5.74, 6) is 0.0845. The van der Waals surface area contributed by atoms with Crippen LogP contribution in [0.25, 0.3) is 0 Å². The summed E-state index contributed by atoms with van der Waals surface area (Å²) in [4.78, 5) is 11.1. The van der Waals surface area contributed by atoms with Crippen LogP contribution in [0.4, 0.5) is 4.79 Å². The first-order valence-corrected chi connectivity index (χ1v) is 5.22. The topological polar surface area (TPSA) is 35.5 Å². The average Bonchev–Trinajstić information content (AvgIpc) is 2.18. The van der Waals surface area contributed by atoms with Gasteiger partial charge in [0.05, 0.1) is 5.88 Å². The van der Waals surface area contributed by atoms with E-state index in [4.69, 9.17) is 39.5 Å². The Balaban J connectivity index is 2.51. The first-order valence-electron chi connectivity index (χ1n) is 3.93. The van der Waals surface area contributed by atoms with E-state index in [-0.39, 0.29) is 5.88 Å². The Morgan fingerprint density at radius 3 is 2.40 bits per heavy atom. The minimum atomic E-state index is -1.77. The highest BCUT2D eigenvalue weighted by Gasteiger charge is 2.28. The molecule has 0 unspecified atom stereocenters. The number of carbonyl (C=O) groups excluding carboxylic acids is 1. The molecule has 0 heterocycles. The highest BCUT2D eigenvalue weighted by Crippen LogP contribution is 2.25. The smallest absolute Gasteiger partial charge is 0.396 e. The Morgan fingerprint density at radius 1 is 1.27 bits per heavy atom. The average molecular weight is 270 g/mol. The number of rotatable bonds is 3. The van der Waals surface area contributed by atoms with Crippen LogP contribution < -0.4 is 4.74 Å². The molecule has 0 saturated heterocycles. The molecule has 0 saturated carbocycles. The Labute approximate surface area is 102 Å². The molecule has 0 N–H and O–H groups in total. The minimum absolute atomic E-state index is 0.250. The molecule has 0 amide bonds. The summed E-state index contributed by atoms with van der Waals surface area (Å²) in [5.41, 5.74) is 0. The van der Waals surface area contributed by atoms with Crippen molar-refractivity contribution in [1.82, 2.24) is 0 Å². The molecule has 3 nitrogen and oxygen atoms in total. The molecular weight excluding hydrogens is 262 g/mol. The largest absolute Gasteiger partial charge is 0.516 e. The monoisotopic (exact) mass is 268 g/mol. The first kappa shape index (κ1) is 12.4. The van der Waals surface area contributed by atoms with Crippen LogP contribution in [0, 0.1) is 0 Å². The van der Waals surface area contributed by atoms with E-state index in [2.05, 4.69) is 4.74 Å². The van der Waals surface area contributed by atoms with Gasteiger partial charge in [0.15, 0.2) is 0 Å². The Bertz CT molecular complexity index is 327. The van der Waals surface area contributed by atoms with Gasteiger partial charge in [-0.25, -0.2) is 4.79 Å². The van der Waals surface area contributed by atoms with Crippen LogP contribution in [0.5, 0.6) is 5.75 Å². The molecule has 0 fully saturated rings. The molecule has 1 rings (SSSR count). The van der Waals surface area contributed by atoms with Crippen LogP contribution in [-0.2, 0) is 4.74 Å². The summed E-state index contributed by atoms with van der Waals surface area (Å²) < 4.78 is 7.52. The van der Waals surface area contributed by atoms with E-state index in [0.29, 0.717) is 5.75 Å². The first-order chi connectivity index (χ1) is 7.03. The summed E-state index contributed by atoms with van der Waals surface area (Å²) >= 11 is 16.3. The molecule has 15 heavy (non-hydrogen) atoms. The van der Waals surface area contributed by atoms with Gasteiger partial charge in [0, 0.05) is 0 Å². The van der Waals surface area contributed by atoms with Crippen molar-refractivity contribution >= 4 is 41.0 Å². The van der Waals surface area contributed by atoms with Gasteiger partial charge in [-0.05, 0) is 12.1 Å². The van der Waals surface area contributed by atoms with Crippen LogP contribution in [-0.4, -0.2) is 16.6 Å². The van der Waals surface area contributed by atoms with Gasteiger partial charge < -0.3 is 9.47 Å². The van der Waals surface area contributed by atoms with Crippen molar-refractivity contribution in [3.05, 3.63) is 30.3 Å². The zero-order valence-corrected chi connectivity index (χ0v) is 9.72. The molecule has 0 aliphatic carbocycles. The highest BCUT2D eigenvalue weighted by atomic mass is 35.5. The molecule has 0 radical (unpaired) electrons. The van der Waals surface area contributed by atoms with Gasteiger partial charge in [-0.15, -0.1) is 11.6 Å². The second kappa shape index (κ2) is 5.45. The van der Waals surface area contributed by atoms with Gasteiger partial charge in [-0.3, -0.25) is 0 Å². The van der Waals surface area contributed by atoms with E-state index in [9.17, 15) is 4.79 Å². The second-order valence-electron chi connectivity index (χ2n) is 2.54. The molecule has 0 aromatic heterocycles. The molecule has 82 valence electrons. The van der Waals surface area contributed by atoms with Crippen LogP contribution in [0.15, 0.2) is 30.3 Å². The Kier molecular flexibility index (Phi) is 4.51. The van der Waals surface area contributed by atoms with Crippen molar-refractivity contribution in [1.29, 1.82) is 0 Å². The number of alkyl halides is 3. The normalized spacial score (nSPS) is 10.9. The summed E-state index contributed by atoms with van der Waals surface area (Å²) in [6, 6.07) is 8.38. The van der Waals surface area contributed by atoms with Crippen molar-refractivity contribution in [2.75, 3.05) is 5.88 Å². The summed E-state index contributed by atoms with van der Waals surface area (Å²) in [7, 11) is 0. The van der Waals surface area contributed by atoms with Gasteiger partial charge >= 0.3 is 6.16 Å². The van der Waals surface area contributed by atoms with E-state index in [1.165, 1.54) is 0 Å². The Hall–Kier alpha value is -0.640. The lowest BCUT2D eigenvalue weighted by molar-refractivity contribution is 0.0800. The quantitative estimate of drug-likeness (QED) is 0.478. The molecule has 0 bridgehead atoms. The minimum Gasteiger partial charge on any atom is -0.396 e. The van der Waals surface area contributed by atoms with E-state index in [1.54, 1.807) is 30.3 Å². The number of hydrogen-bond donors (Lipinski definition) is 0. The third-order valence-electron chi connectivity index (χ3n) is 1.33. The fourth-order valence-electron chi connectivity index (χ4n) is 0.755. The summed E-state index contributed by atoms with van der Waals surface area (Å²) in [6.07, 6.45) is -1.01. The fraction of sp³-hybridized carbons (Fsp3) is 0.222. The van der Waals surface area contributed by atoms with Gasteiger partial charge in [-0.2, -0.15) is 0 Å². The molecule has 1 aromatic rings. The molecule has 0 atom stereocenters. The number of ether oxygens (including phenoxy) is 2. The van der Waals surface area contributed by atoms with Crippen molar-refractivity contribution in [2.24, 2.45) is 0 Å². The van der Waals surface area contributed by atoms with Crippen molar-refractivity contribution < 1.29 is 14.3 Å². The molecule has 0 aliphatic rings. The van der Waals surface area contributed by atoms with Gasteiger partial charge in [-0.1, -0.05) is 41.4 Å². The summed E-state index contributed by atoms with van der Waals surface area (Å²) in [5, 5.41) is 0. The predicted octanol–water partition coefficient (Wildman–Crippen LogP) is 3.57. The maximum absolute atomic E-state index is 11.1. The standard InChI is InChI=1S/C9H7Cl3O3/c10-6-9(11,12)15-8(13)14-7-4-2-1-3-5-7/h1-5H,6H2. The molecule has 6 heteroatoms. The van der Waals surface area contributed by atoms with Gasteiger partial charge in [0.1, 0.15) is 5.75 Å². The van der Waals surface area contributed by atoms with Crippen molar-refractivity contribution in [2.45, 2.75) is 4.52 Å². The van der Waals surface area contributed by atoms with E-state index >= 15 is 0 Å². The zero-order valence-electron chi connectivity index (χ0n) is 7.45. The lowest BCUT2D eigenvalue weighted by Crippen LogP contribution is -2.26. The number of halogens is 3. The lowest BCUT2D eigenvalue weighted by atomic mass is 10.3. The third-order valence-corrected chi connectivity index (χ3v) is 2.40. The fourth-order valence-corrected chi connectivity index (χ4v) is 0.935. The van der Waals surface area contributed by atoms with Crippen LogP contribution in [0.3, 0.4) is 0 Å². The van der Waals surface area contributed by atoms with Gasteiger partial charge in [0.25, 0.3) is 4.52 Å². The van der Waals surface area contributed by atoms with Crippen molar-refractivity contribution in [3.63, 3.8) is 0 Å². The highest BCUT2D eigenvalue weighted by molar-refractivity contribution is 6.50. The molecule has 0 spiro atoms. The SMILES string of the molecule is O=C(Oc1ccccc1)OC(Cl)(Cl)CCl. The van der Waals surface area contributed by atoms with E-state index < -0.39 is 10.7 Å². The Morgan fingerprint density at radius 2 is 1.87 bits per heavy atom. The van der Waals surface area contributed by atoms with Crippen molar-refractivity contribution in [3.8, 4) is 5.75 Å². The van der Waals surface area contributed by atoms with Crippen LogP contribution in [0.1, 0.15) is 0 Å². The maximum Gasteiger partial charge on any atom is 0.516 e. The van der Waals surface area contributed by atoms with Gasteiger partial charge in [0.2, 0.25) is 0 Å². The van der Waals surface area contributed by atoms with E-state index in [0.717, 1.165) is 0 Å². The second-order valence-corrected chi connectivity index (χ2v) is 4.22. The third kappa shape index (κ3) is 4.60.